The zero-order chi connectivity index (χ0) is 21.1. The Morgan fingerprint density at radius 1 is 1.20 bits per heavy atom. The van der Waals surface area contributed by atoms with Gasteiger partial charge in [-0.2, -0.15) is 5.26 Å². The fourth-order valence-electron chi connectivity index (χ4n) is 3.35. The minimum Gasteiger partial charge on any atom is -0.463 e. The third-order valence-electron chi connectivity index (χ3n) is 4.75. The number of furan rings is 1. The van der Waals surface area contributed by atoms with E-state index in [9.17, 15) is 10.1 Å². The number of para-hydroxylation sites is 1. The third-order valence-corrected chi connectivity index (χ3v) is 4.98. The van der Waals surface area contributed by atoms with E-state index in [2.05, 4.69) is 6.07 Å². The van der Waals surface area contributed by atoms with E-state index < -0.39 is 5.97 Å². The molecule has 0 radical (unpaired) electrons. The molecule has 0 amide bonds. The van der Waals surface area contributed by atoms with Crippen molar-refractivity contribution < 1.29 is 13.9 Å². The molecule has 6 heteroatoms. The van der Waals surface area contributed by atoms with Gasteiger partial charge in [0.05, 0.1) is 25.3 Å². The zero-order valence-corrected chi connectivity index (χ0v) is 16.9. The summed E-state index contributed by atoms with van der Waals surface area (Å²) in [6.07, 6.45) is 3.82. The van der Waals surface area contributed by atoms with Crippen LogP contribution in [0.4, 0.5) is 0 Å². The number of carbonyl (C=O) groups excluding carboxylic acids is 1. The number of carbonyl (C=O) groups is 1. The standard InChI is InChI=1S/C24H17ClN2O3/c1-29-24(28)23-10-9-20(30-23)15-27-14-18(21-7-2-3-8-22(21)27)11-17(13-26)16-5-4-6-19(25)12-16/h2-12,14H,15H2,1H3/b17-11-. The summed E-state index contributed by atoms with van der Waals surface area (Å²) in [6.45, 7) is 0.435. The van der Waals surface area contributed by atoms with Gasteiger partial charge in [0, 0.05) is 27.7 Å². The maximum absolute atomic E-state index is 11.6. The summed E-state index contributed by atoms with van der Waals surface area (Å²) in [5.74, 6) is 0.279. The van der Waals surface area contributed by atoms with E-state index in [0.29, 0.717) is 22.9 Å². The lowest BCUT2D eigenvalue weighted by Gasteiger charge is -2.02. The van der Waals surface area contributed by atoms with Gasteiger partial charge in [-0.15, -0.1) is 0 Å². The molecule has 0 saturated heterocycles. The molecule has 0 fully saturated rings. The molecule has 0 N–H and O–H groups in total. The minimum absolute atomic E-state index is 0.164. The van der Waals surface area contributed by atoms with Gasteiger partial charge in [-0.1, -0.05) is 41.9 Å². The molecule has 0 saturated carbocycles. The fourth-order valence-corrected chi connectivity index (χ4v) is 3.54. The summed E-state index contributed by atoms with van der Waals surface area (Å²) < 4.78 is 12.3. The second kappa shape index (κ2) is 8.32. The first kappa shape index (κ1) is 19.6. The van der Waals surface area contributed by atoms with Crippen LogP contribution in [0.25, 0.3) is 22.6 Å². The number of rotatable bonds is 5. The molecule has 2 aromatic heterocycles. The van der Waals surface area contributed by atoms with Crippen LogP contribution in [0.2, 0.25) is 5.02 Å². The van der Waals surface area contributed by atoms with Crippen molar-refractivity contribution in [2.24, 2.45) is 0 Å². The summed E-state index contributed by atoms with van der Waals surface area (Å²) in [4.78, 5) is 11.6. The number of allylic oxidation sites excluding steroid dienone is 1. The Kier molecular flexibility index (Phi) is 5.42. The molecule has 0 aliphatic rings. The van der Waals surface area contributed by atoms with Gasteiger partial charge in [0.1, 0.15) is 5.76 Å². The van der Waals surface area contributed by atoms with Crippen molar-refractivity contribution in [3.8, 4) is 6.07 Å². The summed E-state index contributed by atoms with van der Waals surface area (Å²) in [5.41, 5.74) is 3.17. The van der Waals surface area contributed by atoms with Gasteiger partial charge in [0.25, 0.3) is 0 Å². The van der Waals surface area contributed by atoms with Crippen LogP contribution in [-0.4, -0.2) is 17.6 Å². The highest BCUT2D eigenvalue weighted by atomic mass is 35.5. The average Bonchev–Trinajstić information content (AvgIpc) is 3.37. The van der Waals surface area contributed by atoms with E-state index in [1.54, 1.807) is 24.3 Å². The summed E-state index contributed by atoms with van der Waals surface area (Å²) in [6, 6.07) is 20.8. The van der Waals surface area contributed by atoms with Gasteiger partial charge < -0.3 is 13.7 Å². The summed E-state index contributed by atoms with van der Waals surface area (Å²) >= 11 is 6.09. The smallest absolute Gasteiger partial charge is 0.373 e. The normalized spacial score (nSPS) is 11.4. The molecular weight excluding hydrogens is 400 g/mol. The van der Waals surface area contributed by atoms with Crippen molar-refractivity contribution in [3.63, 3.8) is 0 Å². The maximum atomic E-state index is 11.6. The van der Waals surface area contributed by atoms with E-state index in [1.807, 2.05) is 53.2 Å². The van der Waals surface area contributed by atoms with Crippen LogP contribution >= 0.6 is 11.6 Å². The Morgan fingerprint density at radius 3 is 2.80 bits per heavy atom. The van der Waals surface area contributed by atoms with Gasteiger partial charge in [0.15, 0.2) is 0 Å². The van der Waals surface area contributed by atoms with Crippen LogP contribution in [0.5, 0.6) is 0 Å². The van der Waals surface area contributed by atoms with Crippen LogP contribution in [-0.2, 0) is 11.3 Å². The van der Waals surface area contributed by atoms with Crippen molar-refractivity contribution >= 4 is 40.1 Å². The molecule has 5 nitrogen and oxygen atoms in total. The Labute approximate surface area is 178 Å². The second-order valence-electron chi connectivity index (χ2n) is 6.67. The average molecular weight is 417 g/mol. The van der Waals surface area contributed by atoms with Crippen molar-refractivity contribution in [3.05, 3.63) is 94.5 Å². The lowest BCUT2D eigenvalue weighted by atomic mass is 10.0. The number of benzene rings is 2. The highest BCUT2D eigenvalue weighted by molar-refractivity contribution is 6.30. The van der Waals surface area contributed by atoms with Gasteiger partial charge in [-0.3, -0.25) is 0 Å². The van der Waals surface area contributed by atoms with Gasteiger partial charge in [-0.25, -0.2) is 4.79 Å². The minimum atomic E-state index is -0.512. The van der Waals surface area contributed by atoms with E-state index in [-0.39, 0.29) is 5.76 Å². The predicted octanol–water partition coefficient (Wildman–Crippen LogP) is 5.79. The van der Waals surface area contributed by atoms with Gasteiger partial charge >= 0.3 is 5.97 Å². The molecule has 30 heavy (non-hydrogen) atoms. The predicted molar refractivity (Wildman–Crippen MR) is 116 cm³/mol. The Balaban J connectivity index is 1.75. The monoisotopic (exact) mass is 416 g/mol. The summed E-state index contributed by atoms with van der Waals surface area (Å²) in [5, 5.41) is 11.3. The lowest BCUT2D eigenvalue weighted by molar-refractivity contribution is 0.0563. The topological polar surface area (TPSA) is 68.2 Å². The highest BCUT2D eigenvalue weighted by Crippen LogP contribution is 2.28. The molecule has 0 atom stereocenters. The fraction of sp³-hybridized carbons (Fsp3) is 0.0833. The van der Waals surface area contributed by atoms with Gasteiger partial charge in [-0.05, 0) is 42.0 Å². The molecule has 2 aromatic carbocycles. The number of hydrogen-bond acceptors (Lipinski definition) is 4. The molecule has 4 aromatic rings. The largest absolute Gasteiger partial charge is 0.463 e. The first-order valence-electron chi connectivity index (χ1n) is 9.21. The molecule has 4 rings (SSSR count). The van der Waals surface area contributed by atoms with Crippen molar-refractivity contribution in [2.75, 3.05) is 7.11 Å². The number of fused-ring (bicyclic) bond motifs is 1. The number of hydrogen-bond donors (Lipinski definition) is 0. The quantitative estimate of drug-likeness (QED) is 0.305. The molecule has 2 heterocycles. The van der Waals surface area contributed by atoms with E-state index in [1.165, 1.54) is 7.11 Å². The number of ether oxygens (including phenoxy) is 1. The van der Waals surface area contributed by atoms with E-state index in [4.69, 9.17) is 20.8 Å². The third kappa shape index (κ3) is 3.86. The number of esters is 1. The summed E-state index contributed by atoms with van der Waals surface area (Å²) in [7, 11) is 1.31. The van der Waals surface area contributed by atoms with Crippen LogP contribution < -0.4 is 0 Å². The molecule has 0 aliphatic carbocycles. The molecule has 0 unspecified atom stereocenters. The molecule has 0 spiro atoms. The SMILES string of the molecule is COC(=O)c1ccc(Cn2cc(/C=C(/C#N)c3cccc(Cl)c3)c3ccccc32)o1. The lowest BCUT2D eigenvalue weighted by Crippen LogP contribution is -1.99. The Hall–Kier alpha value is -3.75. The van der Waals surface area contributed by atoms with Crippen molar-refractivity contribution in [1.82, 2.24) is 4.57 Å². The van der Waals surface area contributed by atoms with Crippen LogP contribution in [0, 0.1) is 11.3 Å². The second-order valence-corrected chi connectivity index (χ2v) is 7.10. The Morgan fingerprint density at radius 2 is 2.03 bits per heavy atom. The van der Waals surface area contributed by atoms with Crippen LogP contribution in [0.1, 0.15) is 27.4 Å². The molecule has 0 aliphatic heterocycles. The van der Waals surface area contributed by atoms with Crippen LogP contribution in [0.3, 0.4) is 0 Å². The molecule has 0 bridgehead atoms. The number of halogens is 1. The molecule has 148 valence electrons. The Bertz CT molecular complexity index is 1310. The zero-order valence-electron chi connectivity index (χ0n) is 16.1. The first-order valence-corrected chi connectivity index (χ1v) is 9.59. The number of nitrogens with zero attached hydrogens (tertiary/aromatic N) is 2. The van der Waals surface area contributed by atoms with E-state index >= 15 is 0 Å². The maximum Gasteiger partial charge on any atom is 0.373 e. The van der Waals surface area contributed by atoms with E-state index in [0.717, 1.165) is 22.0 Å². The van der Waals surface area contributed by atoms with Gasteiger partial charge in [0.2, 0.25) is 5.76 Å². The first-order chi connectivity index (χ1) is 14.6. The van der Waals surface area contributed by atoms with Crippen molar-refractivity contribution in [2.45, 2.75) is 6.54 Å². The number of nitriles is 1. The molecular formula is C24H17ClN2O3. The number of aromatic nitrogens is 1. The number of methoxy groups -OCH3 is 1. The van der Waals surface area contributed by atoms with Crippen molar-refractivity contribution in [1.29, 1.82) is 5.26 Å². The van der Waals surface area contributed by atoms with Crippen LogP contribution in [0.15, 0.2) is 71.3 Å². The highest BCUT2D eigenvalue weighted by Gasteiger charge is 2.14.